The first kappa shape index (κ1) is 12.7. The molecule has 3 nitrogen and oxygen atoms in total. The Bertz CT molecular complexity index is 770. The molecule has 0 saturated carbocycles. The van der Waals surface area contributed by atoms with Crippen LogP contribution < -0.4 is 5.73 Å². The third-order valence-corrected chi connectivity index (χ3v) is 3.72. The second-order valence-corrected chi connectivity index (χ2v) is 5.11. The molecule has 2 aromatic carbocycles. The second kappa shape index (κ2) is 4.63. The Morgan fingerprint density at radius 3 is 2.70 bits per heavy atom. The van der Waals surface area contributed by atoms with Crippen LogP contribution in [0.1, 0.15) is 16.7 Å². The molecule has 0 amide bonds. The van der Waals surface area contributed by atoms with E-state index in [-0.39, 0.29) is 5.82 Å². The van der Waals surface area contributed by atoms with Crippen molar-refractivity contribution in [1.82, 2.24) is 9.55 Å². The average Bonchev–Trinajstić information content (AvgIpc) is 2.77. The topological polar surface area (TPSA) is 43.8 Å². The minimum absolute atomic E-state index is 0.282. The van der Waals surface area contributed by atoms with Gasteiger partial charge in [0.2, 0.25) is 0 Å². The molecule has 2 N–H and O–H groups in total. The lowest BCUT2D eigenvalue weighted by molar-refractivity contribution is 0.603. The normalized spacial score (nSPS) is 11.2. The fourth-order valence-electron chi connectivity index (χ4n) is 2.35. The van der Waals surface area contributed by atoms with Gasteiger partial charge in [0.15, 0.2) is 0 Å². The molecule has 0 unspecified atom stereocenters. The summed E-state index contributed by atoms with van der Waals surface area (Å²) in [6.07, 6.45) is 1.73. The molecule has 3 aromatic rings. The Morgan fingerprint density at radius 2 is 1.95 bits per heavy atom. The molecular formula is C16H16FN3. The highest BCUT2D eigenvalue weighted by Crippen LogP contribution is 2.22. The Kier molecular flexibility index (Phi) is 2.93. The lowest BCUT2D eigenvalue weighted by Crippen LogP contribution is -2.04. The van der Waals surface area contributed by atoms with Crippen molar-refractivity contribution in [3.05, 3.63) is 59.2 Å². The molecule has 3 rings (SSSR count). The average molecular weight is 269 g/mol. The molecule has 0 spiro atoms. The van der Waals surface area contributed by atoms with Gasteiger partial charge in [-0.1, -0.05) is 6.07 Å². The van der Waals surface area contributed by atoms with Crippen LogP contribution in [0.15, 0.2) is 36.7 Å². The molecule has 0 saturated heterocycles. The molecule has 0 aliphatic rings. The summed E-state index contributed by atoms with van der Waals surface area (Å²) in [5, 5.41) is 0. The van der Waals surface area contributed by atoms with Crippen LogP contribution in [-0.4, -0.2) is 9.55 Å². The van der Waals surface area contributed by atoms with Gasteiger partial charge in [-0.05, 0) is 49.2 Å². The van der Waals surface area contributed by atoms with Crippen LogP contribution in [-0.2, 0) is 6.54 Å². The zero-order valence-electron chi connectivity index (χ0n) is 11.5. The number of nitrogens with zero attached hydrogens (tertiary/aromatic N) is 2. The predicted octanol–water partition coefficient (Wildman–Crippen LogP) is 3.42. The molecule has 1 heterocycles. The number of aromatic nitrogens is 2. The summed E-state index contributed by atoms with van der Waals surface area (Å²) in [6.45, 7) is 4.50. The minimum atomic E-state index is -0.282. The van der Waals surface area contributed by atoms with Crippen molar-refractivity contribution in [3.8, 4) is 0 Å². The monoisotopic (exact) mass is 269 g/mol. The van der Waals surface area contributed by atoms with Crippen LogP contribution in [0.4, 0.5) is 10.1 Å². The van der Waals surface area contributed by atoms with E-state index in [1.165, 1.54) is 17.2 Å². The van der Waals surface area contributed by atoms with E-state index in [1.54, 1.807) is 18.5 Å². The SMILES string of the molecule is Cc1cc2ncn(Cc3c(N)cccc3F)c2cc1C. The van der Waals surface area contributed by atoms with Gasteiger partial charge in [-0.15, -0.1) is 0 Å². The highest BCUT2D eigenvalue weighted by atomic mass is 19.1. The van der Waals surface area contributed by atoms with E-state index in [0.717, 1.165) is 11.0 Å². The number of rotatable bonds is 2. The fourth-order valence-corrected chi connectivity index (χ4v) is 2.35. The van der Waals surface area contributed by atoms with Crippen LogP contribution in [0, 0.1) is 19.7 Å². The molecule has 0 bridgehead atoms. The van der Waals surface area contributed by atoms with E-state index in [0.29, 0.717) is 17.8 Å². The Balaban J connectivity index is 2.10. The largest absolute Gasteiger partial charge is 0.398 e. The van der Waals surface area contributed by atoms with Crippen molar-refractivity contribution < 1.29 is 4.39 Å². The van der Waals surface area contributed by atoms with Crippen molar-refractivity contribution in [1.29, 1.82) is 0 Å². The molecule has 0 fully saturated rings. The molecule has 0 aliphatic carbocycles. The number of nitrogen functional groups attached to an aromatic ring is 1. The van der Waals surface area contributed by atoms with Gasteiger partial charge in [0.25, 0.3) is 0 Å². The fraction of sp³-hybridized carbons (Fsp3) is 0.188. The Hall–Kier alpha value is -2.36. The third kappa shape index (κ3) is 2.03. The highest BCUT2D eigenvalue weighted by molar-refractivity contribution is 5.77. The molecule has 102 valence electrons. The third-order valence-electron chi connectivity index (χ3n) is 3.72. The van der Waals surface area contributed by atoms with Crippen LogP contribution in [0.25, 0.3) is 11.0 Å². The maximum absolute atomic E-state index is 13.9. The first-order valence-corrected chi connectivity index (χ1v) is 6.51. The van der Waals surface area contributed by atoms with E-state index >= 15 is 0 Å². The van der Waals surface area contributed by atoms with Crippen molar-refractivity contribution in [2.24, 2.45) is 0 Å². The van der Waals surface area contributed by atoms with Crippen molar-refractivity contribution in [2.45, 2.75) is 20.4 Å². The van der Waals surface area contributed by atoms with E-state index in [1.807, 2.05) is 10.6 Å². The van der Waals surface area contributed by atoms with Gasteiger partial charge in [0.05, 0.1) is 23.9 Å². The summed E-state index contributed by atoms with van der Waals surface area (Å²) >= 11 is 0. The number of imidazole rings is 1. The molecule has 4 heteroatoms. The maximum atomic E-state index is 13.9. The Labute approximate surface area is 116 Å². The van der Waals surface area contributed by atoms with Gasteiger partial charge in [-0.2, -0.15) is 0 Å². The zero-order chi connectivity index (χ0) is 14.3. The molecule has 1 aromatic heterocycles. The van der Waals surface area contributed by atoms with Gasteiger partial charge in [-0.25, -0.2) is 9.37 Å². The molecule has 0 atom stereocenters. The summed E-state index contributed by atoms with van der Waals surface area (Å²) in [6, 6.07) is 8.89. The number of anilines is 1. The van der Waals surface area contributed by atoms with E-state index in [4.69, 9.17) is 5.73 Å². The summed E-state index contributed by atoms with van der Waals surface area (Å²) in [5.41, 5.74) is 11.1. The molecule has 0 aliphatic heterocycles. The van der Waals surface area contributed by atoms with Gasteiger partial charge in [0, 0.05) is 11.3 Å². The van der Waals surface area contributed by atoms with Gasteiger partial charge in [0.1, 0.15) is 5.82 Å². The van der Waals surface area contributed by atoms with Gasteiger partial charge in [-0.3, -0.25) is 0 Å². The van der Waals surface area contributed by atoms with Crippen LogP contribution in [0.5, 0.6) is 0 Å². The van der Waals surface area contributed by atoms with Gasteiger partial charge < -0.3 is 10.3 Å². The van der Waals surface area contributed by atoms with Crippen LogP contribution in [0.3, 0.4) is 0 Å². The maximum Gasteiger partial charge on any atom is 0.130 e. The van der Waals surface area contributed by atoms with Crippen LogP contribution in [0.2, 0.25) is 0 Å². The first-order valence-electron chi connectivity index (χ1n) is 6.51. The highest BCUT2D eigenvalue weighted by Gasteiger charge is 2.10. The summed E-state index contributed by atoms with van der Waals surface area (Å²) < 4.78 is 15.8. The van der Waals surface area contributed by atoms with E-state index < -0.39 is 0 Å². The second-order valence-electron chi connectivity index (χ2n) is 5.11. The van der Waals surface area contributed by atoms with Crippen LogP contribution >= 0.6 is 0 Å². The Morgan fingerprint density at radius 1 is 1.20 bits per heavy atom. The molecule has 20 heavy (non-hydrogen) atoms. The summed E-state index contributed by atoms with van der Waals surface area (Å²) in [4.78, 5) is 4.38. The zero-order valence-corrected chi connectivity index (χ0v) is 11.5. The number of halogens is 1. The molecule has 0 radical (unpaired) electrons. The van der Waals surface area contributed by atoms with Crippen molar-refractivity contribution in [3.63, 3.8) is 0 Å². The predicted molar refractivity (Wildman–Crippen MR) is 79.1 cm³/mol. The number of fused-ring (bicyclic) bond motifs is 1. The van der Waals surface area contributed by atoms with Crippen molar-refractivity contribution in [2.75, 3.05) is 5.73 Å². The number of hydrogen-bond acceptors (Lipinski definition) is 2. The quantitative estimate of drug-likeness (QED) is 0.724. The lowest BCUT2D eigenvalue weighted by atomic mass is 10.1. The van der Waals surface area contributed by atoms with Crippen molar-refractivity contribution >= 4 is 16.7 Å². The molecular weight excluding hydrogens is 253 g/mol. The van der Waals surface area contributed by atoms with Gasteiger partial charge >= 0.3 is 0 Å². The standard InChI is InChI=1S/C16H16FN3/c1-10-6-15-16(7-11(10)2)20(9-19-15)8-12-13(17)4-3-5-14(12)18/h3-7,9H,8,18H2,1-2H3. The first-order chi connectivity index (χ1) is 9.56. The lowest BCUT2D eigenvalue weighted by Gasteiger charge is -2.09. The van der Waals surface area contributed by atoms with E-state index in [9.17, 15) is 4.39 Å². The summed E-state index contributed by atoms with van der Waals surface area (Å²) in [7, 11) is 0. The number of benzene rings is 2. The summed E-state index contributed by atoms with van der Waals surface area (Å²) in [5.74, 6) is -0.282. The minimum Gasteiger partial charge on any atom is -0.398 e. The number of nitrogens with two attached hydrogens (primary N) is 1. The van der Waals surface area contributed by atoms with E-state index in [2.05, 4.69) is 24.9 Å². The number of aryl methyl sites for hydroxylation is 2. The number of hydrogen-bond donors (Lipinski definition) is 1. The smallest absolute Gasteiger partial charge is 0.130 e.